The Kier molecular flexibility index (Phi) is 11.2. The quantitative estimate of drug-likeness (QED) is 0.558. The number of amides is 1. The molecular formula is C15H32N2O. The molecule has 0 aliphatic carbocycles. The van der Waals surface area contributed by atoms with E-state index < -0.39 is 0 Å². The first-order valence-electron chi connectivity index (χ1n) is 7.59. The van der Waals surface area contributed by atoms with Crippen molar-refractivity contribution < 1.29 is 4.79 Å². The second kappa shape index (κ2) is 11.5. The summed E-state index contributed by atoms with van der Waals surface area (Å²) in [7, 11) is 0. The highest BCUT2D eigenvalue weighted by Gasteiger charge is 2.14. The van der Waals surface area contributed by atoms with Gasteiger partial charge in [-0.1, -0.05) is 52.9 Å². The first-order valence-corrected chi connectivity index (χ1v) is 7.59. The molecule has 0 fully saturated rings. The van der Waals surface area contributed by atoms with E-state index in [1.165, 1.54) is 25.7 Å². The van der Waals surface area contributed by atoms with E-state index in [-0.39, 0.29) is 11.8 Å². The van der Waals surface area contributed by atoms with Gasteiger partial charge in [0.05, 0.1) is 5.92 Å². The maximum absolute atomic E-state index is 11.8. The van der Waals surface area contributed by atoms with Gasteiger partial charge in [-0.25, -0.2) is 0 Å². The van der Waals surface area contributed by atoms with Gasteiger partial charge in [-0.15, -0.1) is 0 Å². The van der Waals surface area contributed by atoms with Gasteiger partial charge in [0.1, 0.15) is 0 Å². The topological polar surface area (TPSA) is 55.1 Å². The van der Waals surface area contributed by atoms with E-state index in [4.69, 9.17) is 5.73 Å². The number of hydrogen-bond acceptors (Lipinski definition) is 2. The molecule has 0 aliphatic heterocycles. The van der Waals surface area contributed by atoms with Gasteiger partial charge in [0, 0.05) is 13.1 Å². The van der Waals surface area contributed by atoms with Crippen molar-refractivity contribution in [3.63, 3.8) is 0 Å². The van der Waals surface area contributed by atoms with Crippen LogP contribution in [0.15, 0.2) is 0 Å². The van der Waals surface area contributed by atoms with Gasteiger partial charge in [0.2, 0.25) is 5.91 Å². The molecule has 3 nitrogen and oxygen atoms in total. The van der Waals surface area contributed by atoms with Crippen molar-refractivity contribution in [2.75, 3.05) is 13.1 Å². The average molecular weight is 256 g/mol. The summed E-state index contributed by atoms with van der Waals surface area (Å²) in [6.45, 7) is 7.89. The summed E-state index contributed by atoms with van der Waals surface area (Å²) in [5.74, 6) is 0.960. The minimum Gasteiger partial charge on any atom is -0.356 e. The van der Waals surface area contributed by atoms with Crippen molar-refractivity contribution in [3.8, 4) is 0 Å². The second-order valence-electron chi connectivity index (χ2n) is 5.61. The molecule has 0 rings (SSSR count). The first-order chi connectivity index (χ1) is 8.61. The highest BCUT2D eigenvalue weighted by atomic mass is 16.1. The maximum Gasteiger partial charge on any atom is 0.224 e. The van der Waals surface area contributed by atoms with E-state index in [2.05, 4.69) is 26.1 Å². The molecule has 0 saturated carbocycles. The van der Waals surface area contributed by atoms with E-state index in [0.717, 1.165) is 31.7 Å². The fourth-order valence-electron chi connectivity index (χ4n) is 2.09. The predicted molar refractivity (Wildman–Crippen MR) is 78.4 cm³/mol. The van der Waals surface area contributed by atoms with Crippen LogP contribution in [-0.4, -0.2) is 19.0 Å². The van der Waals surface area contributed by atoms with Gasteiger partial charge in [0.15, 0.2) is 0 Å². The van der Waals surface area contributed by atoms with Crippen LogP contribution >= 0.6 is 0 Å². The summed E-state index contributed by atoms with van der Waals surface area (Å²) in [4.78, 5) is 11.8. The number of unbranched alkanes of at least 4 members (excludes halogenated alkanes) is 3. The highest BCUT2D eigenvalue weighted by molar-refractivity contribution is 5.78. The lowest BCUT2D eigenvalue weighted by Gasteiger charge is -2.13. The fraction of sp³-hybridized carbons (Fsp3) is 0.933. The number of hydrogen-bond donors (Lipinski definition) is 2. The largest absolute Gasteiger partial charge is 0.356 e. The van der Waals surface area contributed by atoms with E-state index in [1.54, 1.807) is 0 Å². The monoisotopic (exact) mass is 256 g/mol. The van der Waals surface area contributed by atoms with Gasteiger partial charge in [0.25, 0.3) is 0 Å². The molecular weight excluding hydrogens is 224 g/mol. The second-order valence-corrected chi connectivity index (χ2v) is 5.61. The van der Waals surface area contributed by atoms with Crippen LogP contribution in [0.5, 0.6) is 0 Å². The standard InChI is InChI=1S/C15H32N2O/c1-4-9-14(12-16)15(18)17-11-8-6-5-7-10-13(2)3/h13-14H,4-12,16H2,1-3H3,(H,17,18). The van der Waals surface area contributed by atoms with Gasteiger partial charge < -0.3 is 11.1 Å². The van der Waals surface area contributed by atoms with Gasteiger partial charge in [-0.05, 0) is 18.8 Å². The van der Waals surface area contributed by atoms with Crippen LogP contribution in [0, 0.1) is 11.8 Å². The van der Waals surface area contributed by atoms with Crippen molar-refractivity contribution in [2.24, 2.45) is 17.6 Å². The molecule has 0 aliphatic rings. The van der Waals surface area contributed by atoms with E-state index in [9.17, 15) is 4.79 Å². The Morgan fingerprint density at radius 1 is 1.11 bits per heavy atom. The van der Waals surface area contributed by atoms with Crippen LogP contribution in [-0.2, 0) is 4.79 Å². The first kappa shape index (κ1) is 17.4. The van der Waals surface area contributed by atoms with E-state index >= 15 is 0 Å². The molecule has 0 aromatic heterocycles. The summed E-state index contributed by atoms with van der Waals surface area (Å²) in [5.41, 5.74) is 5.60. The third kappa shape index (κ3) is 9.46. The normalized spacial score (nSPS) is 12.7. The van der Waals surface area contributed by atoms with Crippen molar-refractivity contribution in [1.29, 1.82) is 0 Å². The van der Waals surface area contributed by atoms with Gasteiger partial charge >= 0.3 is 0 Å². The molecule has 1 atom stereocenters. The fourth-order valence-corrected chi connectivity index (χ4v) is 2.09. The Morgan fingerprint density at radius 2 is 1.78 bits per heavy atom. The van der Waals surface area contributed by atoms with Crippen LogP contribution in [0.3, 0.4) is 0 Å². The molecule has 0 spiro atoms. The summed E-state index contributed by atoms with van der Waals surface area (Å²) in [6, 6.07) is 0. The molecule has 0 radical (unpaired) electrons. The molecule has 3 heteroatoms. The third-order valence-corrected chi connectivity index (χ3v) is 3.30. The van der Waals surface area contributed by atoms with Crippen LogP contribution in [0.4, 0.5) is 0 Å². The van der Waals surface area contributed by atoms with Crippen molar-refractivity contribution >= 4 is 5.91 Å². The Hall–Kier alpha value is -0.570. The minimum atomic E-state index is 0.0101. The molecule has 0 saturated heterocycles. The summed E-state index contributed by atoms with van der Waals surface area (Å²) >= 11 is 0. The summed E-state index contributed by atoms with van der Waals surface area (Å²) in [5, 5.41) is 3.00. The molecule has 1 unspecified atom stereocenters. The Morgan fingerprint density at radius 3 is 2.33 bits per heavy atom. The molecule has 1 amide bonds. The molecule has 108 valence electrons. The van der Waals surface area contributed by atoms with Crippen LogP contribution < -0.4 is 11.1 Å². The number of carbonyl (C=O) groups excluding carboxylic acids is 1. The van der Waals surface area contributed by atoms with Gasteiger partial charge in [-0.3, -0.25) is 4.79 Å². The number of rotatable bonds is 11. The zero-order valence-corrected chi connectivity index (χ0v) is 12.5. The molecule has 3 N–H and O–H groups in total. The van der Waals surface area contributed by atoms with E-state index in [1.807, 2.05) is 0 Å². The van der Waals surface area contributed by atoms with Crippen molar-refractivity contribution in [1.82, 2.24) is 5.32 Å². The zero-order chi connectivity index (χ0) is 13.8. The SMILES string of the molecule is CCCC(CN)C(=O)NCCCCCCC(C)C. The number of nitrogens with two attached hydrogens (primary N) is 1. The van der Waals surface area contributed by atoms with Crippen LogP contribution in [0.25, 0.3) is 0 Å². The lowest BCUT2D eigenvalue weighted by Crippen LogP contribution is -2.35. The third-order valence-electron chi connectivity index (χ3n) is 3.30. The Bertz CT molecular complexity index is 205. The van der Waals surface area contributed by atoms with Crippen LogP contribution in [0.2, 0.25) is 0 Å². The maximum atomic E-state index is 11.8. The summed E-state index contributed by atoms with van der Waals surface area (Å²) < 4.78 is 0. The predicted octanol–water partition coefficient (Wildman–Crippen LogP) is 3.08. The molecule has 0 aromatic carbocycles. The minimum absolute atomic E-state index is 0.0101. The van der Waals surface area contributed by atoms with Crippen molar-refractivity contribution in [2.45, 2.75) is 65.7 Å². The zero-order valence-electron chi connectivity index (χ0n) is 12.5. The molecule has 0 aromatic rings. The van der Waals surface area contributed by atoms with E-state index in [0.29, 0.717) is 6.54 Å². The van der Waals surface area contributed by atoms with Crippen LogP contribution in [0.1, 0.15) is 65.7 Å². The molecule has 0 bridgehead atoms. The van der Waals surface area contributed by atoms with Crippen molar-refractivity contribution in [3.05, 3.63) is 0 Å². The van der Waals surface area contributed by atoms with Gasteiger partial charge in [-0.2, -0.15) is 0 Å². The number of nitrogens with one attached hydrogen (secondary N) is 1. The molecule has 18 heavy (non-hydrogen) atoms. The Balaban J connectivity index is 3.44. The highest BCUT2D eigenvalue weighted by Crippen LogP contribution is 2.09. The Labute approximate surface area is 113 Å². The smallest absolute Gasteiger partial charge is 0.224 e. The summed E-state index contributed by atoms with van der Waals surface area (Å²) in [6.07, 6.45) is 8.14. The number of carbonyl (C=O) groups is 1. The lowest BCUT2D eigenvalue weighted by atomic mass is 10.0. The lowest BCUT2D eigenvalue weighted by molar-refractivity contribution is -0.124. The molecule has 0 heterocycles. The average Bonchev–Trinajstić information content (AvgIpc) is 2.34.